The molecule has 0 aromatic carbocycles. The monoisotopic (exact) mass is 633 g/mol. The first-order chi connectivity index (χ1) is 19.3. The lowest BCUT2D eigenvalue weighted by Gasteiger charge is -2.36. The van der Waals surface area contributed by atoms with Gasteiger partial charge in [-0.15, -0.1) is 0 Å². The van der Waals surface area contributed by atoms with E-state index in [4.69, 9.17) is 33.5 Å². The van der Waals surface area contributed by atoms with Gasteiger partial charge in [0.2, 0.25) is 20.4 Å². The number of esters is 3. The van der Waals surface area contributed by atoms with Crippen LogP contribution in [0.2, 0.25) is 0 Å². The topological polar surface area (TPSA) is 207 Å². The summed E-state index contributed by atoms with van der Waals surface area (Å²) in [6.45, 7) is 7.35. The lowest BCUT2D eigenvalue weighted by molar-refractivity contribution is -0.158. The lowest BCUT2D eigenvalue weighted by Crippen LogP contribution is -2.34. The van der Waals surface area contributed by atoms with Crippen molar-refractivity contribution in [3.05, 3.63) is 0 Å². The molecular weight excluding hydrogens is 584 g/mol. The second-order valence-corrected chi connectivity index (χ2v) is 14.0. The summed E-state index contributed by atoms with van der Waals surface area (Å²) in [5.41, 5.74) is 5.53. The van der Waals surface area contributed by atoms with Crippen LogP contribution in [-0.2, 0) is 51.3 Å². The van der Waals surface area contributed by atoms with E-state index in [-0.39, 0.29) is 13.0 Å². The summed E-state index contributed by atoms with van der Waals surface area (Å²) in [4.78, 5) is 47.6. The second kappa shape index (κ2) is 19.7. The molecule has 0 spiro atoms. The van der Waals surface area contributed by atoms with E-state index >= 15 is 0 Å². The summed E-state index contributed by atoms with van der Waals surface area (Å²) in [6, 6.07) is 0. The van der Waals surface area contributed by atoms with Crippen molar-refractivity contribution in [2.45, 2.75) is 98.0 Å². The second-order valence-electron chi connectivity index (χ2n) is 9.36. The fourth-order valence-electron chi connectivity index (χ4n) is 3.80. The van der Waals surface area contributed by atoms with E-state index in [0.29, 0.717) is 38.5 Å². The molecule has 0 amide bonds. The number of carbonyl (C=O) groups excluding carboxylic acids is 3. The SMILES string of the molecule is CCC(CC)C(=O)OCOP(=O)(O)C(O)(CCCN)P(=O)(OCOC(=O)C(CC)CC)OCOC(=O)C(CC)CC. The Balaban J connectivity index is 6.13. The van der Waals surface area contributed by atoms with E-state index in [2.05, 4.69) is 0 Å². The quantitative estimate of drug-likeness (QED) is 0.0608. The first-order valence-corrected chi connectivity index (χ1v) is 17.2. The normalized spacial score (nSPS) is 15.0. The van der Waals surface area contributed by atoms with Gasteiger partial charge in [0.05, 0.1) is 17.8 Å². The number of hydrogen-bond donors (Lipinski definition) is 3. The zero-order chi connectivity index (χ0) is 31.7. The smallest absolute Gasteiger partial charge is 0.380 e. The van der Waals surface area contributed by atoms with Crippen LogP contribution in [0.3, 0.4) is 0 Å². The molecule has 0 aliphatic heterocycles. The van der Waals surface area contributed by atoms with Crippen molar-refractivity contribution in [3.63, 3.8) is 0 Å². The summed E-state index contributed by atoms with van der Waals surface area (Å²) in [7, 11) is -10.7. The molecule has 0 saturated carbocycles. The minimum atomic E-state index is -5.43. The van der Waals surface area contributed by atoms with Crippen molar-refractivity contribution >= 4 is 33.1 Å². The van der Waals surface area contributed by atoms with Crippen molar-refractivity contribution in [1.82, 2.24) is 0 Å². The van der Waals surface area contributed by atoms with Crippen molar-refractivity contribution in [2.24, 2.45) is 23.5 Å². The molecule has 0 saturated heterocycles. The van der Waals surface area contributed by atoms with Crippen LogP contribution in [0.15, 0.2) is 0 Å². The fraction of sp³-hybridized carbons (Fsp3) is 0.880. The molecular formula is C25H49NO13P2. The van der Waals surface area contributed by atoms with Crippen molar-refractivity contribution in [3.8, 4) is 0 Å². The molecule has 242 valence electrons. The highest BCUT2D eigenvalue weighted by Crippen LogP contribution is 2.76. The largest absolute Gasteiger partial charge is 0.438 e. The number of ether oxygens (including phenoxy) is 3. The molecule has 16 heteroatoms. The maximum Gasteiger partial charge on any atom is 0.380 e. The van der Waals surface area contributed by atoms with Gasteiger partial charge in [0.1, 0.15) is 0 Å². The molecule has 41 heavy (non-hydrogen) atoms. The summed E-state index contributed by atoms with van der Waals surface area (Å²) in [5, 5.41) is 8.19. The molecule has 0 fully saturated rings. The molecule has 0 aliphatic carbocycles. The predicted octanol–water partition coefficient (Wildman–Crippen LogP) is 4.61. The average molecular weight is 634 g/mol. The zero-order valence-electron chi connectivity index (χ0n) is 25.1. The van der Waals surface area contributed by atoms with Crippen LogP contribution in [-0.4, -0.2) is 59.9 Å². The zero-order valence-corrected chi connectivity index (χ0v) is 26.9. The fourth-order valence-corrected chi connectivity index (χ4v) is 7.71. The van der Waals surface area contributed by atoms with Crippen molar-refractivity contribution in [2.75, 3.05) is 26.9 Å². The van der Waals surface area contributed by atoms with Gasteiger partial charge in [0, 0.05) is 6.42 Å². The van der Waals surface area contributed by atoms with Gasteiger partial charge in [-0.05, 0) is 51.5 Å². The molecule has 14 nitrogen and oxygen atoms in total. The van der Waals surface area contributed by atoms with E-state index in [1.165, 1.54) is 0 Å². The molecule has 2 atom stereocenters. The van der Waals surface area contributed by atoms with Gasteiger partial charge < -0.3 is 29.9 Å². The Kier molecular flexibility index (Phi) is 19.1. The third kappa shape index (κ3) is 11.7. The van der Waals surface area contributed by atoms with Gasteiger partial charge in [0.25, 0.3) is 5.08 Å². The first kappa shape index (κ1) is 39.6. The van der Waals surface area contributed by atoms with E-state index in [9.17, 15) is 33.5 Å². The van der Waals surface area contributed by atoms with Gasteiger partial charge >= 0.3 is 33.1 Å². The molecule has 0 aromatic rings. The molecule has 0 heterocycles. The molecule has 4 N–H and O–H groups in total. The van der Waals surface area contributed by atoms with Gasteiger partial charge in [-0.1, -0.05) is 41.5 Å². The van der Waals surface area contributed by atoms with E-state index < -0.39 is 82.7 Å². The van der Waals surface area contributed by atoms with Crippen molar-refractivity contribution in [1.29, 1.82) is 0 Å². The number of carbonyl (C=O) groups is 3. The van der Waals surface area contributed by atoms with Crippen LogP contribution in [0.4, 0.5) is 0 Å². The molecule has 0 bridgehead atoms. The van der Waals surface area contributed by atoms with Crippen LogP contribution in [0.5, 0.6) is 0 Å². The molecule has 2 unspecified atom stereocenters. The molecule has 0 rings (SSSR count). The van der Waals surface area contributed by atoms with E-state index in [1.54, 1.807) is 41.5 Å². The third-order valence-electron chi connectivity index (χ3n) is 6.84. The standard InChI is InChI=1S/C25H49NO13P2/c1-7-19(8-2)22(27)34-16-37-40(31,32)25(30,14-13-15-26)41(33,38-17-35-23(28)20(9-3)10-4)39-18-36-24(29)21(11-5)12-6/h19-21,30H,7-18,26H2,1-6H3,(H,31,32). The van der Waals surface area contributed by atoms with Gasteiger partial charge in [-0.2, -0.15) is 0 Å². The first-order valence-electron chi connectivity index (χ1n) is 14.1. The van der Waals surface area contributed by atoms with E-state index in [0.717, 1.165) is 0 Å². The molecule has 0 aromatic heterocycles. The number of hydrogen-bond acceptors (Lipinski definition) is 13. The summed E-state index contributed by atoms with van der Waals surface area (Å²) >= 11 is 0. The number of aliphatic hydroxyl groups is 1. The van der Waals surface area contributed by atoms with Crippen LogP contribution in [0.25, 0.3) is 0 Å². The van der Waals surface area contributed by atoms with Crippen LogP contribution < -0.4 is 5.73 Å². The highest BCUT2D eigenvalue weighted by Gasteiger charge is 2.64. The Morgan fingerprint density at radius 2 is 1.00 bits per heavy atom. The van der Waals surface area contributed by atoms with E-state index in [1.807, 2.05) is 0 Å². The molecule has 0 aliphatic rings. The summed E-state index contributed by atoms with van der Waals surface area (Å²) < 4.78 is 57.6. The minimum Gasteiger partial charge on any atom is -0.438 e. The van der Waals surface area contributed by atoms with Crippen LogP contribution in [0.1, 0.15) is 92.9 Å². The Hall–Kier alpha value is -1.37. The summed E-state index contributed by atoms with van der Waals surface area (Å²) in [5.74, 6) is -3.55. The lowest BCUT2D eigenvalue weighted by atomic mass is 10.0. The number of rotatable bonds is 23. The maximum atomic E-state index is 14.0. The Bertz CT molecular complexity index is 857. The summed E-state index contributed by atoms with van der Waals surface area (Å²) in [6.07, 6.45) is 1.81. The van der Waals surface area contributed by atoms with Gasteiger partial charge in [0.15, 0.2) is 0 Å². The molecule has 0 radical (unpaired) electrons. The van der Waals surface area contributed by atoms with Gasteiger partial charge in [-0.25, -0.2) is 0 Å². The predicted molar refractivity (Wildman–Crippen MR) is 149 cm³/mol. The Labute approximate surface area is 243 Å². The van der Waals surface area contributed by atoms with Gasteiger partial charge in [-0.3, -0.25) is 37.1 Å². The third-order valence-corrected chi connectivity index (χ3v) is 11.9. The number of nitrogens with two attached hydrogens (primary N) is 1. The Morgan fingerprint density at radius 1 is 0.683 bits per heavy atom. The average Bonchev–Trinajstić information content (AvgIpc) is 2.93. The van der Waals surface area contributed by atoms with Crippen LogP contribution >= 0.6 is 15.2 Å². The van der Waals surface area contributed by atoms with Crippen molar-refractivity contribution < 1.29 is 61.3 Å². The maximum absolute atomic E-state index is 14.0. The highest BCUT2D eigenvalue weighted by molar-refractivity contribution is 7.73. The Morgan fingerprint density at radius 3 is 1.29 bits per heavy atom. The van der Waals surface area contributed by atoms with Crippen LogP contribution in [0, 0.1) is 17.8 Å². The highest BCUT2D eigenvalue weighted by atomic mass is 31.2. The minimum absolute atomic E-state index is 0.112.